The molecule has 3 rings (SSSR count). The molecule has 21 heavy (non-hydrogen) atoms. The second kappa shape index (κ2) is 7.09. The molecule has 0 saturated heterocycles. The Labute approximate surface area is 128 Å². The van der Waals surface area contributed by atoms with Crippen molar-refractivity contribution < 1.29 is 9.84 Å². The third-order valence-electron chi connectivity index (χ3n) is 3.56. The average Bonchev–Trinajstić information content (AvgIpc) is 3.00. The molecule has 0 radical (unpaired) electrons. The van der Waals surface area contributed by atoms with Gasteiger partial charge in [0.15, 0.2) is 0 Å². The molecule has 1 atom stereocenters. The average molecular weight is 305 g/mol. The molecule has 1 aliphatic rings. The number of ether oxygens (including phenoxy) is 1. The topological polar surface area (TPSA) is 58.5 Å². The van der Waals surface area contributed by atoms with Gasteiger partial charge in [0.05, 0.1) is 25.0 Å². The van der Waals surface area contributed by atoms with Crippen molar-refractivity contribution in [2.24, 2.45) is 0 Å². The van der Waals surface area contributed by atoms with E-state index in [1.54, 1.807) is 17.7 Å². The summed E-state index contributed by atoms with van der Waals surface area (Å²) in [6.45, 7) is 3.27. The Morgan fingerprint density at radius 2 is 2.43 bits per heavy atom. The number of aliphatic hydroxyl groups is 1. The lowest BCUT2D eigenvalue weighted by Crippen LogP contribution is -2.38. The summed E-state index contributed by atoms with van der Waals surface area (Å²) in [5.74, 6) is 0. The number of aliphatic hydroxyl groups excluding tert-OH is 1. The van der Waals surface area contributed by atoms with Crippen molar-refractivity contribution in [2.75, 3.05) is 19.7 Å². The number of nitrogens with zero attached hydrogens (tertiary/aromatic N) is 3. The van der Waals surface area contributed by atoms with Crippen LogP contribution in [-0.2, 0) is 24.3 Å². The van der Waals surface area contributed by atoms with Crippen molar-refractivity contribution >= 4 is 11.3 Å². The highest BCUT2D eigenvalue weighted by Gasteiger charge is 2.19. The van der Waals surface area contributed by atoms with Gasteiger partial charge in [0, 0.05) is 30.7 Å². The Hall–Kier alpha value is -1.34. The van der Waals surface area contributed by atoms with E-state index in [0.29, 0.717) is 19.8 Å². The van der Waals surface area contributed by atoms with Crippen molar-refractivity contribution in [3.63, 3.8) is 0 Å². The fourth-order valence-corrected chi connectivity index (χ4v) is 3.14. The Balaban J connectivity index is 1.42. The molecular weight excluding hydrogens is 286 g/mol. The van der Waals surface area contributed by atoms with Crippen LogP contribution in [0.2, 0.25) is 0 Å². The van der Waals surface area contributed by atoms with Gasteiger partial charge in [-0.25, -0.2) is 9.97 Å². The van der Waals surface area contributed by atoms with Crippen LogP contribution in [0, 0.1) is 0 Å². The first-order valence-electron chi connectivity index (χ1n) is 7.09. The number of hydrogen-bond acceptors (Lipinski definition) is 6. The number of hydrogen-bond donors (Lipinski definition) is 1. The van der Waals surface area contributed by atoms with Gasteiger partial charge in [-0.3, -0.25) is 4.90 Å². The molecule has 2 aromatic heterocycles. The first-order chi connectivity index (χ1) is 10.3. The van der Waals surface area contributed by atoms with E-state index in [1.165, 1.54) is 10.4 Å². The zero-order chi connectivity index (χ0) is 14.5. The van der Waals surface area contributed by atoms with Crippen molar-refractivity contribution in [3.05, 3.63) is 46.2 Å². The molecule has 0 aliphatic carbocycles. The van der Waals surface area contributed by atoms with E-state index < -0.39 is 6.10 Å². The van der Waals surface area contributed by atoms with Gasteiger partial charge in [-0.1, -0.05) is 6.07 Å². The fraction of sp³-hybridized carbons (Fsp3) is 0.467. The highest BCUT2D eigenvalue weighted by Crippen LogP contribution is 2.15. The van der Waals surface area contributed by atoms with Gasteiger partial charge >= 0.3 is 0 Å². The monoisotopic (exact) mass is 305 g/mol. The van der Waals surface area contributed by atoms with E-state index in [9.17, 15) is 5.11 Å². The molecule has 2 aromatic rings. The van der Waals surface area contributed by atoms with E-state index >= 15 is 0 Å². The Morgan fingerprint density at radius 1 is 1.48 bits per heavy atom. The highest BCUT2D eigenvalue weighted by atomic mass is 32.1. The lowest BCUT2D eigenvalue weighted by molar-refractivity contribution is 0.00824. The number of rotatable bonds is 6. The third kappa shape index (κ3) is 4.07. The highest BCUT2D eigenvalue weighted by molar-refractivity contribution is 7.09. The van der Waals surface area contributed by atoms with Crippen LogP contribution in [0.15, 0.2) is 30.0 Å². The molecule has 112 valence electrons. The molecule has 3 heterocycles. The van der Waals surface area contributed by atoms with E-state index in [0.717, 1.165) is 25.2 Å². The standard InChI is InChI=1S/C15H19N3O2S/c19-13(9-20-10-14-2-1-5-21-14)7-18-4-3-12-6-16-11-17-15(12)8-18/h1-2,5-6,11,13,19H,3-4,7-10H2. The molecule has 0 fully saturated rings. The molecule has 1 unspecified atom stereocenters. The largest absolute Gasteiger partial charge is 0.389 e. The summed E-state index contributed by atoms with van der Waals surface area (Å²) >= 11 is 1.67. The first kappa shape index (κ1) is 14.6. The number of fused-ring (bicyclic) bond motifs is 1. The Bertz CT molecular complexity index is 562. The van der Waals surface area contributed by atoms with Gasteiger partial charge in [0.1, 0.15) is 6.33 Å². The molecule has 6 heteroatoms. The van der Waals surface area contributed by atoms with Crippen LogP contribution >= 0.6 is 11.3 Å². The SMILES string of the molecule is OC(COCc1cccs1)CN1CCc2cncnc2C1. The predicted octanol–water partition coefficient (Wildman–Crippen LogP) is 1.47. The van der Waals surface area contributed by atoms with Crippen LogP contribution in [0.1, 0.15) is 16.1 Å². The summed E-state index contributed by atoms with van der Waals surface area (Å²) in [5.41, 5.74) is 2.29. The number of thiophene rings is 1. The molecule has 1 N–H and O–H groups in total. The molecule has 0 saturated carbocycles. The minimum atomic E-state index is -0.464. The summed E-state index contributed by atoms with van der Waals surface area (Å²) < 4.78 is 5.56. The van der Waals surface area contributed by atoms with Crippen molar-refractivity contribution in [2.45, 2.75) is 25.7 Å². The van der Waals surface area contributed by atoms with Crippen LogP contribution in [0.4, 0.5) is 0 Å². The van der Waals surface area contributed by atoms with Crippen LogP contribution in [0.5, 0.6) is 0 Å². The maximum absolute atomic E-state index is 10.1. The van der Waals surface area contributed by atoms with Crippen molar-refractivity contribution in [3.8, 4) is 0 Å². The molecule has 0 bridgehead atoms. The maximum atomic E-state index is 10.1. The van der Waals surface area contributed by atoms with E-state index in [-0.39, 0.29) is 0 Å². The first-order valence-corrected chi connectivity index (χ1v) is 7.97. The molecule has 5 nitrogen and oxygen atoms in total. The molecule has 1 aliphatic heterocycles. The van der Waals surface area contributed by atoms with E-state index in [1.807, 2.05) is 23.7 Å². The van der Waals surface area contributed by atoms with Gasteiger partial charge in [-0.05, 0) is 23.4 Å². The normalized spacial score (nSPS) is 16.6. The quantitative estimate of drug-likeness (QED) is 0.876. The van der Waals surface area contributed by atoms with Crippen molar-refractivity contribution in [1.82, 2.24) is 14.9 Å². The molecule has 0 amide bonds. The summed E-state index contributed by atoms with van der Waals surface area (Å²) in [7, 11) is 0. The predicted molar refractivity (Wildman–Crippen MR) is 81.0 cm³/mol. The van der Waals surface area contributed by atoms with E-state index in [2.05, 4.69) is 14.9 Å². The smallest absolute Gasteiger partial charge is 0.115 e. The number of aromatic nitrogens is 2. The summed E-state index contributed by atoms with van der Waals surface area (Å²) in [6.07, 6.45) is 3.95. The molecule has 0 spiro atoms. The van der Waals surface area contributed by atoms with Gasteiger partial charge in [0.25, 0.3) is 0 Å². The third-order valence-corrected chi connectivity index (χ3v) is 4.41. The number of β-amino-alcohol motifs (C(OH)–C–C–N with tert-alkyl or cyclic N) is 1. The Kier molecular flexibility index (Phi) is 4.92. The van der Waals surface area contributed by atoms with E-state index in [4.69, 9.17) is 4.74 Å². The van der Waals surface area contributed by atoms with Gasteiger partial charge in [-0.15, -0.1) is 11.3 Å². The molecular formula is C15H19N3O2S. The minimum Gasteiger partial charge on any atom is -0.389 e. The second-order valence-electron chi connectivity index (χ2n) is 5.23. The lowest BCUT2D eigenvalue weighted by atomic mass is 10.1. The summed E-state index contributed by atoms with van der Waals surface area (Å²) in [6, 6.07) is 4.05. The summed E-state index contributed by atoms with van der Waals surface area (Å²) in [5, 5.41) is 12.1. The second-order valence-corrected chi connectivity index (χ2v) is 6.26. The van der Waals surface area contributed by atoms with Gasteiger partial charge in [-0.2, -0.15) is 0 Å². The molecule has 0 aromatic carbocycles. The van der Waals surface area contributed by atoms with Gasteiger partial charge in [0.2, 0.25) is 0 Å². The van der Waals surface area contributed by atoms with Gasteiger partial charge < -0.3 is 9.84 Å². The lowest BCUT2D eigenvalue weighted by Gasteiger charge is -2.29. The fourth-order valence-electron chi connectivity index (χ4n) is 2.50. The van der Waals surface area contributed by atoms with Crippen LogP contribution < -0.4 is 0 Å². The zero-order valence-electron chi connectivity index (χ0n) is 11.8. The Morgan fingerprint density at radius 3 is 3.29 bits per heavy atom. The summed E-state index contributed by atoms with van der Waals surface area (Å²) in [4.78, 5) is 11.8. The van der Waals surface area contributed by atoms with Crippen LogP contribution in [0.25, 0.3) is 0 Å². The van der Waals surface area contributed by atoms with Crippen molar-refractivity contribution in [1.29, 1.82) is 0 Å². The van der Waals surface area contributed by atoms with Crippen LogP contribution in [0.3, 0.4) is 0 Å². The maximum Gasteiger partial charge on any atom is 0.115 e. The minimum absolute atomic E-state index is 0.366. The zero-order valence-corrected chi connectivity index (χ0v) is 12.6. The van der Waals surface area contributed by atoms with Crippen LogP contribution in [-0.4, -0.2) is 45.8 Å².